The van der Waals surface area contributed by atoms with Gasteiger partial charge in [0.1, 0.15) is 0 Å². The molecule has 1 aliphatic carbocycles. The van der Waals surface area contributed by atoms with E-state index in [9.17, 15) is 9.59 Å². The maximum Gasteiger partial charge on any atom is 0.266 e. The van der Waals surface area contributed by atoms with Gasteiger partial charge in [-0.2, -0.15) is 5.10 Å². The first-order valence-corrected chi connectivity index (χ1v) is 12.0. The number of carbonyl (C=O) groups is 1. The Morgan fingerprint density at radius 1 is 1.09 bits per heavy atom. The predicted molar refractivity (Wildman–Crippen MR) is 133 cm³/mol. The van der Waals surface area contributed by atoms with Crippen LogP contribution in [0.25, 0.3) is 11.3 Å². The third-order valence-corrected chi connectivity index (χ3v) is 8.39. The fourth-order valence-corrected chi connectivity index (χ4v) is 6.10. The average molecular weight is 453 g/mol. The second-order valence-corrected chi connectivity index (χ2v) is 10.1. The van der Waals surface area contributed by atoms with Crippen molar-refractivity contribution >= 4 is 17.8 Å². The van der Waals surface area contributed by atoms with Crippen molar-refractivity contribution in [2.75, 3.05) is 6.54 Å². The molecule has 3 aromatic rings. The highest BCUT2D eigenvalue weighted by Gasteiger charge is 2.49. The van der Waals surface area contributed by atoms with Gasteiger partial charge in [0.2, 0.25) is 0 Å². The molecule has 6 heteroatoms. The van der Waals surface area contributed by atoms with Gasteiger partial charge in [0.15, 0.2) is 0 Å². The number of hydrogen-bond donors (Lipinski definition) is 0. The number of nitrogens with zero attached hydrogens (tertiary/aromatic N) is 4. The van der Waals surface area contributed by atoms with E-state index in [-0.39, 0.29) is 22.9 Å². The summed E-state index contributed by atoms with van der Waals surface area (Å²) in [5, 5.41) is 4.45. The first-order chi connectivity index (χ1) is 16.3. The first-order valence-electron chi connectivity index (χ1n) is 12.0. The van der Waals surface area contributed by atoms with Gasteiger partial charge in [-0.1, -0.05) is 26.0 Å². The lowest BCUT2D eigenvalue weighted by Gasteiger charge is -2.54. The quantitative estimate of drug-likeness (QED) is 0.589. The third-order valence-electron chi connectivity index (χ3n) is 8.39. The minimum atomic E-state index is -0.113. The molecule has 3 atom stereocenters. The van der Waals surface area contributed by atoms with Crippen molar-refractivity contribution in [3.63, 3.8) is 0 Å². The summed E-state index contributed by atoms with van der Waals surface area (Å²) in [7, 11) is 1.68. The van der Waals surface area contributed by atoms with Crippen LogP contribution in [0.2, 0.25) is 0 Å². The van der Waals surface area contributed by atoms with E-state index < -0.39 is 0 Å². The van der Waals surface area contributed by atoms with E-state index in [4.69, 9.17) is 0 Å². The smallest absolute Gasteiger partial charge is 0.266 e. The first kappa shape index (κ1) is 21.0. The van der Waals surface area contributed by atoms with Crippen LogP contribution < -0.4 is 5.56 Å². The molecule has 0 spiro atoms. The molecule has 172 valence electrons. The van der Waals surface area contributed by atoms with Crippen LogP contribution in [0.1, 0.15) is 47.3 Å². The molecular formula is C28H28N4O2. The highest BCUT2D eigenvalue weighted by Crippen LogP contribution is 2.49. The summed E-state index contributed by atoms with van der Waals surface area (Å²) < 4.78 is 1.38. The molecule has 0 N–H and O–H groups in total. The highest BCUT2D eigenvalue weighted by atomic mass is 16.2. The molecule has 2 bridgehead atoms. The van der Waals surface area contributed by atoms with E-state index >= 15 is 0 Å². The highest BCUT2D eigenvalue weighted by molar-refractivity contribution is 5.96. The summed E-state index contributed by atoms with van der Waals surface area (Å²) in [6, 6.07) is 16.0. The van der Waals surface area contributed by atoms with Crippen LogP contribution in [0, 0.1) is 5.92 Å². The Hall–Kier alpha value is -3.54. The zero-order valence-corrected chi connectivity index (χ0v) is 19.8. The van der Waals surface area contributed by atoms with Crippen molar-refractivity contribution in [3.8, 4) is 11.3 Å². The monoisotopic (exact) mass is 452 g/mol. The van der Waals surface area contributed by atoms with Crippen LogP contribution in [0.3, 0.4) is 0 Å². The molecule has 0 saturated carbocycles. The lowest BCUT2D eigenvalue weighted by molar-refractivity contribution is 0.0251. The van der Waals surface area contributed by atoms with Crippen molar-refractivity contribution in [1.29, 1.82) is 0 Å². The number of carbonyl (C=O) groups excluding carboxylic acids is 1. The van der Waals surface area contributed by atoms with Crippen molar-refractivity contribution < 1.29 is 4.79 Å². The van der Waals surface area contributed by atoms with Crippen LogP contribution in [-0.4, -0.2) is 39.4 Å². The molecule has 0 unspecified atom stereocenters. The number of fused-ring (bicyclic) bond motifs is 5. The molecular weight excluding hydrogens is 424 g/mol. The molecule has 6 nitrogen and oxygen atoms in total. The number of aliphatic imine (C=N–C) groups is 1. The normalized spacial score (nSPS) is 24.6. The predicted octanol–water partition coefficient (Wildman–Crippen LogP) is 4.07. The molecule has 3 heterocycles. The Kier molecular flexibility index (Phi) is 4.63. The number of aromatic nitrogens is 2. The Morgan fingerprint density at radius 3 is 2.76 bits per heavy atom. The summed E-state index contributed by atoms with van der Waals surface area (Å²) >= 11 is 0. The maximum atomic E-state index is 13.6. The number of aryl methyl sites for hydroxylation is 1. The van der Waals surface area contributed by atoms with E-state index in [1.807, 2.05) is 24.4 Å². The topological polar surface area (TPSA) is 67.6 Å². The molecule has 6 rings (SSSR count). The molecule has 1 saturated heterocycles. The molecule has 1 aromatic heterocycles. The average Bonchev–Trinajstić information content (AvgIpc) is 3.31. The third kappa shape index (κ3) is 3.08. The van der Waals surface area contributed by atoms with Crippen LogP contribution >= 0.6 is 0 Å². The fourth-order valence-electron chi connectivity index (χ4n) is 6.10. The minimum Gasteiger partial charge on any atom is -0.335 e. The number of hydrogen-bond acceptors (Lipinski definition) is 4. The standard InChI is InChI=1S/C28H28N4O2/c1-17-25-16-18-4-5-19(24-8-9-26(33)31(3)30-24)15-22(18)28(17,2)11-13-32(25)27(34)21-6-7-23-20(14-21)10-12-29-23/h4-9,12,14-15,17,25H,10-11,13,16H2,1-3H3/t17-,25-,28-/m1/s1. The molecule has 1 amide bonds. The summed E-state index contributed by atoms with van der Waals surface area (Å²) in [5.74, 6) is 0.460. The van der Waals surface area contributed by atoms with Crippen molar-refractivity contribution in [3.05, 3.63) is 81.1 Å². The molecule has 34 heavy (non-hydrogen) atoms. The van der Waals surface area contributed by atoms with Crippen LogP contribution in [0.4, 0.5) is 5.69 Å². The molecule has 0 radical (unpaired) electrons. The molecule has 2 aliphatic heterocycles. The number of likely N-dealkylation sites (tertiary alicyclic amines) is 1. The largest absolute Gasteiger partial charge is 0.335 e. The van der Waals surface area contributed by atoms with Crippen molar-refractivity contribution in [2.24, 2.45) is 18.0 Å². The molecule has 1 fully saturated rings. The van der Waals surface area contributed by atoms with Crippen molar-refractivity contribution in [1.82, 2.24) is 14.7 Å². The lowest BCUT2D eigenvalue weighted by atomic mass is 9.58. The van der Waals surface area contributed by atoms with E-state index in [0.717, 1.165) is 53.9 Å². The number of rotatable bonds is 2. The van der Waals surface area contributed by atoms with E-state index in [2.05, 4.69) is 47.0 Å². The second-order valence-electron chi connectivity index (χ2n) is 10.1. The van der Waals surface area contributed by atoms with Crippen LogP contribution in [0.15, 0.2) is 58.3 Å². The Balaban J connectivity index is 1.34. The molecule has 3 aliphatic rings. The minimum absolute atomic E-state index is 0.0164. The zero-order valence-electron chi connectivity index (χ0n) is 19.8. The lowest BCUT2D eigenvalue weighted by Crippen LogP contribution is -2.59. The van der Waals surface area contributed by atoms with Crippen molar-refractivity contribution in [2.45, 2.75) is 44.6 Å². The number of piperidine rings is 1. The summed E-state index contributed by atoms with van der Waals surface area (Å²) in [4.78, 5) is 31.9. The van der Waals surface area contributed by atoms with Gasteiger partial charge < -0.3 is 4.90 Å². The van der Waals surface area contributed by atoms with Gasteiger partial charge in [-0.15, -0.1) is 0 Å². The Labute approximate surface area is 199 Å². The second kappa shape index (κ2) is 7.49. The Morgan fingerprint density at radius 2 is 1.94 bits per heavy atom. The van der Waals surface area contributed by atoms with E-state index in [1.54, 1.807) is 19.2 Å². The number of benzene rings is 2. The van der Waals surface area contributed by atoms with Gasteiger partial charge in [0.25, 0.3) is 11.5 Å². The van der Waals surface area contributed by atoms with Gasteiger partial charge in [-0.25, -0.2) is 4.68 Å². The molecule has 2 aromatic carbocycles. The van der Waals surface area contributed by atoms with Gasteiger partial charge in [-0.05, 0) is 71.2 Å². The summed E-state index contributed by atoms with van der Waals surface area (Å²) in [6.07, 6.45) is 4.48. The van der Waals surface area contributed by atoms with E-state index in [0.29, 0.717) is 5.92 Å². The summed E-state index contributed by atoms with van der Waals surface area (Å²) in [6.45, 7) is 5.38. The Bertz CT molecular complexity index is 1420. The summed E-state index contributed by atoms with van der Waals surface area (Å²) in [5.41, 5.74) is 7.24. The van der Waals surface area contributed by atoms with Gasteiger partial charge >= 0.3 is 0 Å². The van der Waals surface area contributed by atoms with Crippen LogP contribution in [0.5, 0.6) is 0 Å². The maximum absolute atomic E-state index is 13.6. The fraction of sp³-hybridized carbons (Fsp3) is 0.357. The number of amides is 1. The van der Waals surface area contributed by atoms with Crippen LogP contribution in [-0.2, 0) is 25.3 Å². The van der Waals surface area contributed by atoms with Gasteiger partial charge in [0.05, 0.1) is 11.4 Å². The van der Waals surface area contributed by atoms with Gasteiger partial charge in [0, 0.05) is 49.5 Å². The SMILES string of the molecule is C[C@@H]1[C@H]2Cc3ccc(-c4ccc(=O)n(C)n4)cc3[C@]1(C)CCN2C(=O)c1ccc2c(c1)CC=N2. The zero-order chi connectivity index (χ0) is 23.6. The van der Waals surface area contributed by atoms with Gasteiger partial charge in [-0.3, -0.25) is 14.6 Å². The van der Waals surface area contributed by atoms with E-state index in [1.165, 1.54) is 15.8 Å².